The van der Waals surface area contributed by atoms with E-state index >= 15 is 0 Å². The molecular formula is C13H16N2O2S. The second kappa shape index (κ2) is 5.02. The number of carbonyl (C=O) groups is 2. The molecule has 0 saturated carbocycles. The predicted octanol–water partition coefficient (Wildman–Crippen LogP) is 1.39. The molecule has 1 N–H and O–H groups in total. The van der Waals surface area contributed by atoms with Gasteiger partial charge in [-0.25, -0.2) is 0 Å². The number of amides is 2. The Morgan fingerprint density at radius 1 is 1.50 bits per heavy atom. The first-order chi connectivity index (χ1) is 8.54. The molecule has 0 aromatic heterocycles. The Morgan fingerprint density at radius 2 is 2.22 bits per heavy atom. The van der Waals surface area contributed by atoms with Crippen molar-refractivity contribution in [1.29, 1.82) is 0 Å². The molecule has 18 heavy (non-hydrogen) atoms. The Kier molecular flexibility index (Phi) is 3.61. The Labute approximate surface area is 112 Å². The summed E-state index contributed by atoms with van der Waals surface area (Å²) in [6, 6.07) is 5.42. The molecule has 1 unspecified atom stereocenters. The highest BCUT2D eigenvalue weighted by molar-refractivity contribution is 7.81. The van der Waals surface area contributed by atoms with Crippen LogP contribution < -0.4 is 10.2 Å². The molecule has 0 radical (unpaired) electrons. The molecule has 1 heterocycles. The second-order valence-electron chi connectivity index (χ2n) is 4.39. The summed E-state index contributed by atoms with van der Waals surface area (Å²) >= 11 is 4.34. The number of hydrogen-bond acceptors (Lipinski definition) is 3. The average Bonchev–Trinajstić information content (AvgIpc) is 2.68. The Morgan fingerprint density at radius 3 is 2.78 bits per heavy atom. The molecular weight excluding hydrogens is 248 g/mol. The van der Waals surface area contributed by atoms with Gasteiger partial charge >= 0.3 is 0 Å². The number of benzene rings is 1. The van der Waals surface area contributed by atoms with E-state index in [0.29, 0.717) is 18.5 Å². The van der Waals surface area contributed by atoms with Crippen LogP contribution in [-0.2, 0) is 4.79 Å². The lowest BCUT2D eigenvalue weighted by Crippen LogP contribution is -2.27. The minimum Gasteiger partial charge on any atom is -0.355 e. The largest absolute Gasteiger partial charge is 0.355 e. The zero-order valence-corrected chi connectivity index (χ0v) is 11.3. The summed E-state index contributed by atoms with van der Waals surface area (Å²) in [5.41, 5.74) is 2.23. The fourth-order valence-corrected chi connectivity index (χ4v) is 2.54. The molecule has 1 saturated heterocycles. The first-order valence-corrected chi connectivity index (χ1v) is 6.36. The van der Waals surface area contributed by atoms with Crippen molar-refractivity contribution in [1.82, 2.24) is 5.32 Å². The average molecular weight is 264 g/mol. The normalized spacial score (nSPS) is 19.2. The summed E-state index contributed by atoms with van der Waals surface area (Å²) in [7, 11) is 1.60. The van der Waals surface area contributed by atoms with Crippen molar-refractivity contribution in [2.75, 3.05) is 18.5 Å². The summed E-state index contributed by atoms with van der Waals surface area (Å²) < 4.78 is 0. The van der Waals surface area contributed by atoms with Crippen LogP contribution in [-0.4, -0.2) is 30.7 Å². The van der Waals surface area contributed by atoms with E-state index in [4.69, 9.17) is 0 Å². The highest BCUT2D eigenvalue weighted by atomic mass is 32.1. The summed E-state index contributed by atoms with van der Waals surface area (Å²) in [6.45, 7) is 2.46. The molecule has 2 amide bonds. The van der Waals surface area contributed by atoms with E-state index in [0.717, 1.165) is 11.3 Å². The Balaban J connectivity index is 2.40. The number of rotatable bonds is 2. The van der Waals surface area contributed by atoms with Crippen molar-refractivity contribution in [3.8, 4) is 0 Å². The lowest BCUT2D eigenvalue weighted by Gasteiger charge is -2.20. The first-order valence-electron chi connectivity index (χ1n) is 5.84. The maximum Gasteiger partial charge on any atom is 0.251 e. The van der Waals surface area contributed by atoms with Crippen LogP contribution in [0.3, 0.4) is 0 Å². The van der Waals surface area contributed by atoms with Crippen LogP contribution in [0.2, 0.25) is 0 Å². The van der Waals surface area contributed by atoms with Crippen molar-refractivity contribution >= 4 is 30.1 Å². The van der Waals surface area contributed by atoms with Gasteiger partial charge in [0.25, 0.3) is 5.91 Å². The molecule has 0 bridgehead atoms. The van der Waals surface area contributed by atoms with Crippen LogP contribution in [0.4, 0.5) is 5.69 Å². The maximum absolute atomic E-state index is 11.9. The minimum absolute atomic E-state index is 0.0622. The van der Waals surface area contributed by atoms with Gasteiger partial charge in [0.2, 0.25) is 5.91 Å². The molecule has 4 nitrogen and oxygen atoms in total. The van der Waals surface area contributed by atoms with Gasteiger partial charge in [-0.15, -0.1) is 0 Å². The molecule has 1 aromatic rings. The zero-order valence-electron chi connectivity index (χ0n) is 10.4. The third-order valence-corrected chi connectivity index (χ3v) is 3.52. The number of hydrogen-bond donors (Lipinski definition) is 2. The second-order valence-corrected chi connectivity index (χ2v) is 5.12. The number of nitrogens with zero attached hydrogens (tertiary/aromatic N) is 1. The quantitative estimate of drug-likeness (QED) is 0.793. The number of anilines is 1. The first kappa shape index (κ1) is 13.0. The molecule has 96 valence electrons. The van der Waals surface area contributed by atoms with Gasteiger partial charge in [0.15, 0.2) is 0 Å². The SMILES string of the molecule is CNC(=O)c1cccc(N2CC(S)CC2=O)c1C. The monoisotopic (exact) mass is 264 g/mol. The minimum atomic E-state index is -0.136. The van der Waals surface area contributed by atoms with E-state index in [2.05, 4.69) is 17.9 Å². The number of carbonyl (C=O) groups excluding carboxylic acids is 2. The van der Waals surface area contributed by atoms with Crippen molar-refractivity contribution in [3.63, 3.8) is 0 Å². The van der Waals surface area contributed by atoms with Gasteiger partial charge in [0, 0.05) is 36.5 Å². The van der Waals surface area contributed by atoms with Crippen molar-refractivity contribution in [2.45, 2.75) is 18.6 Å². The predicted molar refractivity (Wildman–Crippen MR) is 74.3 cm³/mol. The fourth-order valence-electron chi connectivity index (χ4n) is 2.22. The van der Waals surface area contributed by atoms with Gasteiger partial charge in [-0.05, 0) is 24.6 Å². The topological polar surface area (TPSA) is 49.4 Å². The van der Waals surface area contributed by atoms with E-state index in [9.17, 15) is 9.59 Å². The number of nitrogens with one attached hydrogen (secondary N) is 1. The van der Waals surface area contributed by atoms with Gasteiger partial charge < -0.3 is 10.2 Å². The van der Waals surface area contributed by atoms with Crippen molar-refractivity contribution in [2.24, 2.45) is 0 Å². The van der Waals surface area contributed by atoms with E-state index in [1.165, 1.54) is 0 Å². The summed E-state index contributed by atoms with van der Waals surface area (Å²) in [4.78, 5) is 25.3. The van der Waals surface area contributed by atoms with Gasteiger partial charge in [-0.1, -0.05) is 6.07 Å². The third kappa shape index (κ3) is 2.22. The molecule has 2 rings (SSSR count). The van der Waals surface area contributed by atoms with Crippen LogP contribution in [0.25, 0.3) is 0 Å². The van der Waals surface area contributed by atoms with Crippen LogP contribution in [0.1, 0.15) is 22.3 Å². The number of thiol groups is 1. The molecule has 1 fully saturated rings. The fraction of sp³-hybridized carbons (Fsp3) is 0.385. The van der Waals surface area contributed by atoms with Crippen LogP contribution in [0.15, 0.2) is 18.2 Å². The van der Waals surface area contributed by atoms with E-state index < -0.39 is 0 Å². The maximum atomic E-state index is 11.9. The molecule has 1 atom stereocenters. The molecule has 5 heteroatoms. The summed E-state index contributed by atoms with van der Waals surface area (Å²) in [5.74, 6) is -0.0735. The van der Waals surface area contributed by atoms with E-state index in [1.54, 1.807) is 24.1 Å². The van der Waals surface area contributed by atoms with Gasteiger partial charge in [-0.2, -0.15) is 12.6 Å². The lowest BCUT2D eigenvalue weighted by molar-refractivity contribution is -0.117. The van der Waals surface area contributed by atoms with Crippen LogP contribution >= 0.6 is 12.6 Å². The smallest absolute Gasteiger partial charge is 0.251 e. The van der Waals surface area contributed by atoms with E-state index in [1.807, 2.05) is 13.0 Å². The standard InChI is InChI=1S/C13H16N2O2S/c1-8-10(13(17)14-2)4-3-5-11(8)15-7-9(18)6-12(15)16/h3-5,9,18H,6-7H2,1-2H3,(H,14,17). The summed E-state index contributed by atoms with van der Waals surface area (Å²) in [5, 5.41) is 2.67. The van der Waals surface area contributed by atoms with Crippen LogP contribution in [0, 0.1) is 6.92 Å². The molecule has 1 aromatic carbocycles. The highest BCUT2D eigenvalue weighted by Gasteiger charge is 2.29. The molecule has 0 aliphatic carbocycles. The van der Waals surface area contributed by atoms with E-state index in [-0.39, 0.29) is 17.1 Å². The Hall–Kier alpha value is -1.49. The Bertz CT molecular complexity index is 502. The third-order valence-electron chi connectivity index (χ3n) is 3.17. The van der Waals surface area contributed by atoms with Gasteiger partial charge in [-0.3, -0.25) is 9.59 Å². The van der Waals surface area contributed by atoms with Gasteiger partial charge in [0.1, 0.15) is 0 Å². The molecule has 1 aliphatic heterocycles. The van der Waals surface area contributed by atoms with Gasteiger partial charge in [0.05, 0.1) is 0 Å². The molecule has 0 spiro atoms. The van der Waals surface area contributed by atoms with Crippen molar-refractivity contribution < 1.29 is 9.59 Å². The van der Waals surface area contributed by atoms with Crippen molar-refractivity contribution in [3.05, 3.63) is 29.3 Å². The highest BCUT2D eigenvalue weighted by Crippen LogP contribution is 2.28. The summed E-state index contributed by atoms with van der Waals surface area (Å²) in [6.07, 6.45) is 0.451. The lowest BCUT2D eigenvalue weighted by atomic mass is 10.1. The van der Waals surface area contributed by atoms with Crippen LogP contribution in [0.5, 0.6) is 0 Å². The molecule has 1 aliphatic rings. The zero-order chi connectivity index (χ0) is 13.3.